The first-order chi connectivity index (χ1) is 18.9. The molecule has 2 N–H and O–H groups in total. The Bertz CT molecular complexity index is 1240. The number of carbonyl (C=O) groups is 3. The molecule has 7 nitrogen and oxygen atoms in total. The van der Waals surface area contributed by atoms with E-state index in [4.69, 9.17) is 0 Å². The maximum atomic E-state index is 13.8. The van der Waals surface area contributed by atoms with Gasteiger partial charge < -0.3 is 10.6 Å². The fourth-order valence-corrected chi connectivity index (χ4v) is 4.89. The molecule has 2 aromatic carbocycles. The van der Waals surface area contributed by atoms with E-state index in [2.05, 4.69) is 15.6 Å². The van der Waals surface area contributed by atoms with E-state index in [-0.39, 0.29) is 43.0 Å². The van der Waals surface area contributed by atoms with Crippen molar-refractivity contribution in [1.82, 2.24) is 10.3 Å². The normalized spacial score (nSPS) is 14.3. The molecule has 0 spiro atoms. The Labute approximate surface area is 228 Å². The lowest BCUT2D eigenvalue weighted by Gasteiger charge is -2.33. The van der Waals surface area contributed by atoms with Gasteiger partial charge in [-0.05, 0) is 68.1 Å². The van der Waals surface area contributed by atoms with E-state index in [0.29, 0.717) is 17.1 Å². The minimum Gasteiger partial charge on any atom is -0.351 e. The Kier molecular flexibility index (Phi) is 9.78. The highest BCUT2D eigenvalue weighted by Crippen LogP contribution is 2.30. The number of benzene rings is 2. The average molecular weight is 531 g/mol. The third-order valence-electron chi connectivity index (χ3n) is 6.95. The Morgan fingerprint density at radius 3 is 2.33 bits per heavy atom. The molecule has 204 valence electrons. The van der Waals surface area contributed by atoms with Gasteiger partial charge in [-0.3, -0.25) is 19.3 Å². The van der Waals surface area contributed by atoms with E-state index >= 15 is 0 Å². The van der Waals surface area contributed by atoms with Crippen LogP contribution in [0.3, 0.4) is 0 Å². The van der Waals surface area contributed by atoms with Crippen LogP contribution in [0.2, 0.25) is 0 Å². The highest BCUT2D eigenvalue weighted by molar-refractivity contribution is 6.01. The van der Waals surface area contributed by atoms with Crippen LogP contribution >= 0.6 is 0 Å². The molecule has 0 radical (unpaired) electrons. The van der Waals surface area contributed by atoms with Gasteiger partial charge in [-0.25, -0.2) is 9.37 Å². The predicted molar refractivity (Wildman–Crippen MR) is 150 cm³/mol. The van der Waals surface area contributed by atoms with Crippen LogP contribution in [0.4, 0.5) is 15.9 Å². The lowest BCUT2D eigenvalue weighted by molar-refractivity contribution is -0.127. The van der Waals surface area contributed by atoms with Crippen molar-refractivity contribution in [3.05, 3.63) is 89.9 Å². The van der Waals surface area contributed by atoms with Gasteiger partial charge in [0, 0.05) is 30.8 Å². The Morgan fingerprint density at radius 2 is 1.67 bits per heavy atom. The summed E-state index contributed by atoms with van der Waals surface area (Å²) in [5, 5.41) is 5.89. The summed E-state index contributed by atoms with van der Waals surface area (Å²) < 4.78 is 13.8. The number of hydrogen-bond donors (Lipinski definition) is 2. The molecular weight excluding hydrogens is 495 g/mol. The Hall–Kier alpha value is -4.07. The lowest BCUT2D eigenvalue weighted by atomic mass is 9.94. The quantitative estimate of drug-likeness (QED) is 0.343. The maximum Gasteiger partial charge on any atom is 0.248 e. The van der Waals surface area contributed by atoms with Crippen LogP contribution in [0.25, 0.3) is 0 Å². The van der Waals surface area contributed by atoms with Crippen molar-refractivity contribution in [3.8, 4) is 0 Å². The van der Waals surface area contributed by atoms with Crippen LogP contribution in [0.15, 0.2) is 72.9 Å². The van der Waals surface area contributed by atoms with Crippen LogP contribution in [0.5, 0.6) is 0 Å². The van der Waals surface area contributed by atoms with Crippen LogP contribution in [-0.4, -0.2) is 28.7 Å². The molecule has 1 fully saturated rings. The second-order valence-corrected chi connectivity index (χ2v) is 10.0. The third-order valence-corrected chi connectivity index (χ3v) is 6.95. The second kappa shape index (κ2) is 13.6. The van der Waals surface area contributed by atoms with Gasteiger partial charge in [-0.1, -0.05) is 55.2 Å². The third kappa shape index (κ3) is 7.96. The van der Waals surface area contributed by atoms with E-state index in [1.165, 1.54) is 29.2 Å². The van der Waals surface area contributed by atoms with Crippen molar-refractivity contribution in [1.29, 1.82) is 0 Å². The number of rotatable bonds is 10. The summed E-state index contributed by atoms with van der Waals surface area (Å²) in [7, 11) is 0. The topological polar surface area (TPSA) is 91.4 Å². The predicted octanol–water partition coefficient (Wildman–Crippen LogP) is 5.86. The first-order valence-corrected chi connectivity index (χ1v) is 13.6. The summed E-state index contributed by atoms with van der Waals surface area (Å²) in [4.78, 5) is 45.5. The molecule has 3 aromatic rings. The van der Waals surface area contributed by atoms with Crippen molar-refractivity contribution in [2.45, 2.75) is 70.4 Å². The second-order valence-electron chi connectivity index (χ2n) is 10.0. The van der Waals surface area contributed by atoms with Gasteiger partial charge in [0.15, 0.2) is 0 Å². The van der Waals surface area contributed by atoms with Crippen LogP contribution in [0, 0.1) is 12.7 Å². The van der Waals surface area contributed by atoms with E-state index in [9.17, 15) is 18.8 Å². The average Bonchev–Trinajstić information content (AvgIpc) is 2.94. The highest BCUT2D eigenvalue weighted by atomic mass is 19.1. The number of hydrogen-bond acceptors (Lipinski definition) is 4. The minimum atomic E-state index is -0.937. The van der Waals surface area contributed by atoms with Crippen LogP contribution in [0.1, 0.15) is 68.5 Å². The number of pyridine rings is 1. The summed E-state index contributed by atoms with van der Waals surface area (Å²) in [6.45, 7) is 1.96. The summed E-state index contributed by atoms with van der Waals surface area (Å²) in [5.41, 5.74) is 2.12. The first-order valence-electron chi connectivity index (χ1n) is 13.6. The molecule has 1 aliphatic carbocycles. The monoisotopic (exact) mass is 530 g/mol. The maximum absolute atomic E-state index is 13.8. The number of aromatic nitrogens is 1. The summed E-state index contributed by atoms with van der Waals surface area (Å²) in [6.07, 6.45) is 7.09. The molecular formula is C31H35FN4O3. The van der Waals surface area contributed by atoms with Gasteiger partial charge in [0.05, 0.1) is 0 Å². The number of amides is 3. The molecule has 1 heterocycles. The van der Waals surface area contributed by atoms with Gasteiger partial charge in [0.25, 0.3) is 0 Å². The molecule has 1 aliphatic rings. The fourth-order valence-electron chi connectivity index (χ4n) is 4.89. The largest absolute Gasteiger partial charge is 0.351 e. The van der Waals surface area contributed by atoms with E-state index in [1.54, 1.807) is 24.4 Å². The van der Waals surface area contributed by atoms with Gasteiger partial charge >= 0.3 is 0 Å². The molecule has 0 aliphatic heterocycles. The number of carbonyl (C=O) groups excluding carboxylic acids is 3. The lowest BCUT2D eigenvalue weighted by Crippen LogP contribution is -2.47. The Morgan fingerprint density at radius 1 is 0.949 bits per heavy atom. The number of anilines is 2. The minimum absolute atomic E-state index is 0.0338. The molecule has 1 atom stereocenters. The molecule has 3 amide bonds. The highest BCUT2D eigenvalue weighted by Gasteiger charge is 2.34. The van der Waals surface area contributed by atoms with E-state index in [0.717, 1.165) is 37.7 Å². The zero-order valence-electron chi connectivity index (χ0n) is 22.2. The summed E-state index contributed by atoms with van der Waals surface area (Å²) in [5.74, 6) is -0.829. The molecule has 1 aromatic heterocycles. The smallest absolute Gasteiger partial charge is 0.248 e. The van der Waals surface area contributed by atoms with Gasteiger partial charge in [0.1, 0.15) is 17.7 Å². The molecule has 4 rings (SSSR count). The van der Waals surface area contributed by atoms with Crippen molar-refractivity contribution >= 4 is 29.2 Å². The van der Waals surface area contributed by atoms with Gasteiger partial charge in [-0.2, -0.15) is 0 Å². The molecule has 0 bridgehead atoms. The Balaban J connectivity index is 1.56. The molecule has 0 unspecified atom stereocenters. The number of nitrogens with one attached hydrogen (secondary N) is 2. The van der Waals surface area contributed by atoms with Crippen LogP contribution < -0.4 is 15.5 Å². The standard InChI is InChI=1S/C31H35FN4O3/c1-22-13-15-23(16-14-22)30(31(39)34-25-8-3-2-4-9-25)36(26-19-17-24(32)18-20-26)29(38)12-7-11-28(37)35-27-10-5-6-21-33-27/h5-6,10,13-21,25,30H,2-4,7-9,11-12H2,1H3,(H,34,39)(H,33,35,37)/t30-/m1/s1. The van der Waals surface area contributed by atoms with Crippen LogP contribution in [-0.2, 0) is 14.4 Å². The van der Waals surface area contributed by atoms with Gasteiger partial charge in [0.2, 0.25) is 17.7 Å². The van der Waals surface area contributed by atoms with Crippen molar-refractivity contribution in [2.75, 3.05) is 10.2 Å². The van der Waals surface area contributed by atoms with Crippen molar-refractivity contribution in [2.24, 2.45) is 0 Å². The first kappa shape index (κ1) is 28.0. The molecule has 39 heavy (non-hydrogen) atoms. The number of nitrogens with zero attached hydrogens (tertiary/aromatic N) is 2. The van der Waals surface area contributed by atoms with Gasteiger partial charge in [-0.15, -0.1) is 0 Å². The summed E-state index contributed by atoms with van der Waals surface area (Å²) >= 11 is 0. The molecule has 1 saturated carbocycles. The zero-order valence-corrected chi connectivity index (χ0v) is 22.2. The number of halogens is 1. The van der Waals surface area contributed by atoms with E-state index < -0.39 is 11.9 Å². The zero-order chi connectivity index (χ0) is 27.6. The van der Waals surface area contributed by atoms with E-state index in [1.807, 2.05) is 31.2 Å². The SMILES string of the molecule is Cc1ccc([C@H](C(=O)NC2CCCCC2)N(C(=O)CCCC(=O)Nc2ccccn2)c2ccc(F)cc2)cc1. The molecule has 0 saturated heterocycles. The fraction of sp³-hybridized carbons (Fsp3) is 0.355. The summed E-state index contributed by atoms with van der Waals surface area (Å²) in [6, 6.07) is 17.4. The van der Waals surface area contributed by atoms with Crippen molar-refractivity contribution < 1.29 is 18.8 Å². The van der Waals surface area contributed by atoms with Crippen molar-refractivity contribution in [3.63, 3.8) is 0 Å². The molecule has 8 heteroatoms. The number of aryl methyl sites for hydroxylation is 1.